The van der Waals surface area contributed by atoms with Crippen LogP contribution in [0.5, 0.6) is 11.5 Å². The number of esters is 2. The molecular weight excluding hydrogens is 648 g/mol. The van der Waals surface area contributed by atoms with Crippen LogP contribution < -0.4 is 29.7 Å². The third kappa shape index (κ3) is 7.21. The van der Waals surface area contributed by atoms with Gasteiger partial charge in [-0.2, -0.15) is 0 Å². The van der Waals surface area contributed by atoms with Crippen molar-refractivity contribution in [1.82, 2.24) is 9.13 Å². The van der Waals surface area contributed by atoms with Gasteiger partial charge in [-0.25, -0.2) is 14.6 Å². The lowest BCUT2D eigenvalue weighted by Gasteiger charge is -2.25. The van der Waals surface area contributed by atoms with E-state index in [0.29, 0.717) is 44.4 Å². The number of amides is 1. The fourth-order valence-electron chi connectivity index (χ4n) is 5.75. The maximum absolute atomic E-state index is 14.3. The van der Waals surface area contributed by atoms with Crippen molar-refractivity contribution in [3.05, 3.63) is 102 Å². The number of methoxy groups -OCH3 is 1. The Bertz CT molecular complexity index is 2140. The average Bonchev–Trinajstić information content (AvgIpc) is 3.52. The van der Waals surface area contributed by atoms with E-state index in [2.05, 4.69) is 19.6 Å². The van der Waals surface area contributed by atoms with Crippen molar-refractivity contribution >= 4 is 40.9 Å². The first-order valence-corrected chi connectivity index (χ1v) is 16.5. The topological polar surface area (TPSA) is 139 Å². The Hall–Kier alpha value is -5.43. The number of nitrogens with one attached hydrogen (secondary N) is 1. The van der Waals surface area contributed by atoms with Crippen LogP contribution in [0, 0.1) is 13.8 Å². The molecule has 0 saturated carbocycles. The number of fused-ring (bicyclic) bond motifs is 1. The van der Waals surface area contributed by atoms with E-state index in [1.165, 1.54) is 29.9 Å². The van der Waals surface area contributed by atoms with Gasteiger partial charge in [0.25, 0.3) is 5.56 Å². The van der Waals surface area contributed by atoms with Crippen LogP contribution >= 0.6 is 11.3 Å². The zero-order chi connectivity index (χ0) is 35.4. The number of hydrogen-bond acceptors (Lipinski definition) is 10. The van der Waals surface area contributed by atoms with Crippen molar-refractivity contribution in [3.8, 4) is 17.2 Å². The van der Waals surface area contributed by atoms with Gasteiger partial charge in [-0.05, 0) is 94.3 Å². The molecule has 0 saturated heterocycles. The summed E-state index contributed by atoms with van der Waals surface area (Å²) >= 11 is 1.23. The molecule has 1 atom stereocenters. The molecule has 5 rings (SSSR count). The molecule has 0 radical (unpaired) electrons. The lowest BCUT2D eigenvalue weighted by molar-refractivity contribution is -0.143. The summed E-state index contributed by atoms with van der Waals surface area (Å²) in [5.74, 6) is -0.640. The summed E-state index contributed by atoms with van der Waals surface area (Å²) in [7, 11) is 1.27. The quantitative estimate of drug-likeness (QED) is 0.233. The van der Waals surface area contributed by atoms with Crippen LogP contribution in [-0.2, 0) is 23.9 Å². The Balaban J connectivity index is 1.62. The molecule has 13 heteroatoms. The number of aromatic nitrogens is 2. The number of rotatable bonds is 11. The molecule has 12 nitrogen and oxygen atoms in total. The molecule has 0 fully saturated rings. The maximum atomic E-state index is 14.3. The minimum Gasteiger partial charge on any atom is -0.490 e. The summed E-state index contributed by atoms with van der Waals surface area (Å²) in [6, 6.07) is 13.7. The number of carbonyl (C=O) groups excluding carboxylic acids is 3. The smallest absolute Gasteiger partial charge is 0.343 e. The molecule has 0 unspecified atom stereocenters. The molecule has 3 heterocycles. The van der Waals surface area contributed by atoms with Crippen molar-refractivity contribution in [2.45, 2.75) is 47.6 Å². The van der Waals surface area contributed by atoms with Gasteiger partial charge in [-0.1, -0.05) is 17.4 Å². The molecule has 256 valence electrons. The van der Waals surface area contributed by atoms with Crippen molar-refractivity contribution in [1.29, 1.82) is 0 Å². The Kier molecular flexibility index (Phi) is 10.5. The molecule has 4 aromatic rings. The van der Waals surface area contributed by atoms with Gasteiger partial charge in [-0.3, -0.25) is 14.2 Å². The molecule has 0 spiro atoms. The fraction of sp³-hybridized carbons (Fsp3) is 0.306. The normalized spacial score (nSPS) is 14.2. The Morgan fingerprint density at radius 1 is 0.980 bits per heavy atom. The lowest BCUT2D eigenvalue weighted by Crippen LogP contribution is -2.40. The van der Waals surface area contributed by atoms with Gasteiger partial charge < -0.3 is 28.8 Å². The van der Waals surface area contributed by atoms with E-state index < -0.39 is 18.0 Å². The van der Waals surface area contributed by atoms with Crippen molar-refractivity contribution in [3.63, 3.8) is 0 Å². The minimum atomic E-state index is -0.874. The summed E-state index contributed by atoms with van der Waals surface area (Å²) in [4.78, 5) is 56.0. The monoisotopic (exact) mass is 686 g/mol. The van der Waals surface area contributed by atoms with E-state index in [9.17, 15) is 19.2 Å². The predicted octanol–water partition coefficient (Wildman–Crippen LogP) is 4.11. The molecule has 2 aromatic carbocycles. The summed E-state index contributed by atoms with van der Waals surface area (Å²) < 4.78 is 25.6. The second-order valence-electron chi connectivity index (χ2n) is 11.2. The van der Waals surface area contributed by atoms with Gasteiger partial charge in [0.15, 0.2) is 22.9 Å². The van der Waals surface area contributed by atoms with Crippen LogP contribution in [0.3, 0.4) is 0 Å². The third-order valence-corrected chi connectivity index (χ3v) is 8.86. The van der Waals surface area contributed by atoms with Crippen LogP contribution in [0.25, 0.3) is 11.8 Å². The van der Waals surface area contributed by atoms with Gasteiger partial charge in [0.2, 0.25) is 5.91 Å². The van der Waals surface area contributed by atoms with Gasteiger partial charge >= 0.3 is 11.9 Å². The minimum absolute atomic E-state index is 0.142. The largest absolute Gasteiger partial charge is 0.490 e. The summed E-state index contributed by atoms with van der Waals surface area (Å²) in [6.07, 6.45) is 1.84. The average molecular weight is 687 g/mol. The van der Waals surface area contributed by atoms with E-state index in [4.69, 9.17) is 14.2 Å². The summed E-state index contributed by atoms with van der Waals surface area (Å²) in [6.45, 7) is 10.8. The Morgan fingerprint density at radius 3 is 2.37 bits per heavy atom. The van der Waals surface area contributed by atoms with Gasteiger partial charge in [-0.15, -0.1) is 0 Å². The van der Waals surface area contributed by atoms with Crippen molar-refractivity contribution < 1.29 is 33.3 Å². The summed E-state index contributed by atoms with van der Waals surface area (Å²) in [5, 5.41) is 2.78. The van der Waals surface area contributed by atoms with Gasteiger partial charge in [0.05, 0.1) is 42.2 Å². The second kappa shape index (κ2) is 14.8. The number of nitrogens with zero attached hydrogens (tertiary/aromatic N) is 3. The number of aryl methyl sites for hydroxylation is 1. The maximum Gasteiger partial charge on any atom is 0.343 e. The number of thiazole rings is 1. The zero-order valence-corrected chi connectivity index (χ0v) is 29.2. The highest BCUT2D eigenvalue weighted by Gasteiger charge is 2.34. The van der Waals surface area contributed by atoms with E-state index in [0.717, 1.165) is 22.6 Å². The molecule has 2 aromatic heterocycles. The Labute approximate surface area is 286 Å². The SMILES string of the molecule is CCOC(=O)C1=C(C)N=c2s/c(=C\c3cc(C)n(-c4ccc(NC(C)=O)cc4)c3C)c(=O)n2[C@@H]1c1ccc(OCC(=O)OC)c(OCC)c1. The van der Waals surface area contributed by atoms with Crippen LogP contribution in [0.4, 0.5) is 5.69 Å². The van der Waals surface area contributed by atoms with Crippen LogP contribution in [0.1, 0.15) is 56.3 Å². The number of allylic oxidation sites excluding steroid dienone is 1. The highest BCUT2D eigenvalue weighted by molar-refractivity contribution is 7.07. The molecule has 49 heavy (non-hydrogen) atoms. The number of hydrogen-bond donors (Lipinski definition) is 1. The van der Waals surface area contributed by atoms with E-state index >= 15 is 0 Å². The van der Waals surface area contributed by atoms with Gasteiger partial charge in [0.1, 0.15) is 0 Å². The van der Waals surface area contributed by atoms with Crippen LogP contribution in [0.2, 0.25) is 0 Å². The highest BCUT2D eigenvalue weighted by atomic mass is 32.1. The molecule has 0 bridgehead atoms. The predicted molar refractivity (Wildman–Crippen MR) is 185 cm³/mol. The molecule has 1 amide bonds. The van der Waals surface area contributed by atoms with Crippen molar-refractivity contribution in [2.24, 2.45) is 4.99 Å². The number of benzene rings is 2. The second-order valence-corrected chi connectivity index (χ2v) is 12.2. The Morgan fingerprint density at radius 2 is 1.71 bits per heavy atom. The van der Waals surface area contributed by atoms with E-state index in [-0.39, 0.29) is 30.3 Å². The molecule has 1 aliphatic rings. The third-order valence-electron chi connectivity index (χ3n) is 7.88. The van der Waals surface area contributed by atoms with Gasteiger partial charge in [0, 0.05) is 29.7 Å². The lowest BCUT2D eigenvalue weighted by atomic mass is 9.95. The molecule has 1 N–H and O–H groups in total. The number of anilines is 1. The highest BCUT2D eigenvalue weighted by Crippen LogP contribution is 2.36. The standard InChI is InChI=1S/C36H38N4O8S/c1-8-46-29-17-24(10-15-28(29)48-19-31(42)45-7)33-32(35(44)47-9-2)21(4)37-36-40(33)34(43)30(49-36)18-25-16-20(3)39(22(25)5)27-13-11-26(12-14-27)38-23(6)41/h10-18,33H,8-9,19H2,1-7H3,(H,38,41)/b30-18-/t33-/m1/s1. The van der Waals surface area contributed by atoms with E-state index in [1.807, 2.05) is 57.2 Å². The van der Waals surface area contributed by atoms with Crippen LogP contribution in [-0.4, -0.2) is 53.9 Å². The number of ether oxygens (including phenoxy) is 4. The first kappa shape index (κ1) is 34.9. The van der Waals surface area contributed by atoms with Crippen LogP contribution in [0.15, 0.2) is 69.6 Å². The summed E-state index contributed by atoms with van der Waals surface area (Å²) in [5.41, 5.74) is 5.23. The van der Waals surface area contributed by atoms with E-state index in [1.54, 1.807) is 32.0 Å². The molecule has 1 aliphatic heterocycles. The fourth-order valence-corrected chi connectivity index (χ4v) is 6.79. The first-order valence-electron chi connectivity index (χ1n) is 15.7. The number of carbonyl (C=O) groups is 3. The van der Waals surface area contributed by atoms with Crippen molar-refractivity contribution in [2.75, 3.05) is 32.2 Å². The molecule has 0 aliphatic carbocycles. The molecular formula is C36H38N4O8S. The zero-order valence-electron chi connectivity index (χ0n) is 28.4. The first-order chi connectivity index (χ1) is 23.5.